The van der Waals surface area contributed by atoms with E-state index in [1.54, 1.807) is 0 Å². The maximum Gasteiger partial charge on any atom is 0.258 e. The Morgan fingerprint density at radius 3 is 1.71 bits per heavy atom. The summed E-state index contributed by atoms with van der Waals surface area (Å²) in [6.45, 7) is 6.00. The Morgan fingerprint density at radius 2 is 1.43 bits per heavy atom. The first kappa shape index (κ1) is 13.9. The highest BCUT2D eigenvalue weighted by Gasteiger charge is 2.40. The minimum atomic E-state index is -4.08. The molecule has 86 valence electrons. The van der Waals surface area contributed by atoms with Crippen LogP contribution in [0.3, 0.4) is 0 Å². The standard InChI is InChI=1S/C8H18O4S2/c1-5-6-7-13(9,10)14(11,12)8(2,3)4/h5-7H2,1-4H3. The molecule has 0 amide bonds. The van der Waals surface area contributed by atoms with Crippen molar-refractivity contribution in [2.45, 2.75) is 45.3 Å². The van der Waals surface area contributed by atoms with Crippen LogP contribution in [0.25, 0.3) is 0 Å². The molecule has 0 rings (SSSR count). The van der Waals surface area contributed by atoms with E-state index >= 15 is 0 Å². The number of hydrogen-bond acceptors (Lipinski definition) is 4. The summed E-state index contributed by atoms with van der Waals surface area (Å²) < 4.78 is 44.9. The molecular formula is C8H18O4S2. The van der Waals surface area contributed by atoms with E-state index < -0.39 is 22.5 Å². The Morgan fingerprint density at radius 1 is 1.00 bits per heavy atom. The van der Waals surface area contributed by atoms with Crippen LogP contribution in [0.15, 0.2) is 0 Å². The fourth-order valence-electron chi connectivity index (χ4n) is 0.812. The van der Waals surface area contributed by atoms with Gasteiger partial charge in [0.15, 0.2) is 0 Å². The van der Waals surface area contributed by atoms with Crippen LogP contribution in [0.4, 0.5) is 0 Å². The van der Waals surface area contributed by atoms with Crippen LogP contribution in [0.2, 0.25) is 0 Å². The first-order chi connectivity index (χ1) is 6.06. The Kier molecular flexibility index (Phi) is 4.15. The first-order valence-electron chi connectivity index (χ1n) is 4.53. The minimum absolute atomic E-state index is 0.275. The average molecular weight is 242 g/mol. The van der Waals surface area contributed by atoms with Gasteiger partial charge in [0.05, 0.1) is 10.5 Å². The Balaban J connectivity index is 5.13. The van der Waals surface area contributed by atoms with Gasteiger partial charge >= 0.3 is 0 Å². The van der Waals surface area contributed by atoms with Crippen LogP contribution in [-0.2, 0) is 17.7 Å². The topological polar surface area (TPSA) is 68.3 Å². The molecule has 0 bridgehead atoms. The Labute approximate surface area is 85.9 Å². The summed E-state index contributed by atoms with van der Waals surface area (Å²) in [4.78, 5) is 0. The minimum Gasteiger partial charge on any atom is -0.213 e. The Hall–Kier alpha value is -0.100. The van der Waals surface area contributed by atoms with Crippen molar-refractivity contribution in [2.24, 2.45) is 0 Å². The predicted molar refractivity (Wildman–Crippen MR) is 57.4 cm³/mol. The summed E-state index contributed by atoms with van der Waals surface area (Å²) in [5.41, 5.74) is 0. The molecule has 0 N–H and O–H groups in total. The zero-order chi connectivity index (χ0) is 11.6. The molecule has 0 saturated carbocycles. The second-order valence-corrected chi connectivity index (χ2v) is 10.7. The first-order valence-corrected chi connectivity index (χ1v) is 8.19. The molecule has 0 spiro atoms. The van der Waals surface area contributed by atoms with E-state index in [0.717, 1.165) is 0 Å². The lowest BCUT2D eigenvalue weighted by molar-refractivity contribution is 0.558. The van der Waals surface area contributed by atoms with Crippen LogP contribution < -0.4 is 0 Å². The van der Waals surface area contributed by atoms with Gasteiger partial charge in [-0.3, -0.25) is 0 Å². The van der Waals surface area contributed by atoms with E-state index in [1.165, 1.54) is 20.8 Å². The highest BCUT2D eigenvalue weighted by molar-refractivity contribution is 8.67. The molecule has 6 heteroatoms. The molecule has 0 fully saturated rings. The van der Waals surface area contributed by atoms with Gasteiger partial charge < -0.3 is 0 Å². The molecule has 0 unspecified atom stereocenters. The monoisotopic (exact) mass is 242 g/mol. The van der Waals surface area contributed by atoms with Gasteiger partial charge in [0.25, 0.3) is 17.7 Å². The summed E-state index contributed by atoms with van der Waals surface area (Å²) in [7, 11) is -8.08. The number of rotatable bonds is 4. The van der Waals surface area contributed by atoms with Crippen LogP contribution in [0.1, 0.15) is 40.5 Å². The van der Waals surface area contributed by atoms with Gasteiger partial charge in [-0.15, -0.1) is 0 Å². The van der Waals surface area contributed by atoms with E-state index in [4.69, 9.17) is 0 Å². The quantitative estimate of drug-likeness (QED) is 0.697. The predicted octanol–water partition coefficient (Wildman–Crippen LogP) is 1.33. The number of unbranched alkanes of at least 4 members (excludes halogenated alkanes) is 1. The molecule has 0 radical (unpaired) electrons. The van der Waals surface area contributed by atoms with Crippen LogP contribution >= 0.6 is 0 Å². The molecule has 0 aliphatic rings. The fourth-order valence-corrected chi connectivity index (χ4v) is 5.73. The normalized spacial score (nSPS) is 14.3. The SMILES string of the molecule is CCCCS(=O)(=O)S(=O)(=O)C(C)(C)C. The molecule has 4 nitrogen and oxygen atoms in total. The zero-order valence-electron chi connectivity index (χ0n) is 9.07. The summed E-state index contributed by atoms with van der Waals surface area (Å²) in [5.74, 6) is -0.275. The van der Waals surface area contributed by atoms with Crippen LogP contribution in [0.5, 0.6) is 0 Å². The molecule has 0 aromatic carbocycles. The lowest BCUT2D eigenvalue weighted by atomic mass is 10.3. The molecule has 14 heavy (non-hydrogen) atoms. The molecule has 0 heterocycles. The van der Waals surface area contributed by atoms with E-state index in [0.29, 0.717) is 12.8 Å². The van der Waals surface area contributed by atoms with Gasteiger partial charge in [-0.25, -0.2) is 16.8 Å². The van der Waals surface area contributed by atoms with E-state index in [2.05, 4.69) is 0 Å². The van der Waals surface area contributed by atoms with Crippen molar-refractivity contribution in [3.8, 4) is 0 Å². The van der Waals surface area contributed by atoms with Crippen LogP contribution in [-0.4, -0.2) is 27.3 Å². The van der Waals surface area contributed by atoms with Crippen molar-refractivity contribution in [3.05, 3.63) is 0 Å². The lowest BCUT2D eigenvalue weighted by Crippen LogP contribution is -2.35. The van der Waals surface area contributed by atoms with Crippen molar-refractivity contribution < 1.29 is 16.8 Å². The fraction of sp³-hybridized carbons (Fsp3) is 1.00. The maximum absolute atomic E-state index is 11.6. The summed E-state index contributed by atoms with van der Waals surface area (Å²) in [6, 6.07) is 0. The molecular weight excluding hydrogens is 224 g/mol. The molecule has 0 aliphatic heterocycles. The summed E-state index contributed by atoms with van der Waals surface area (Å²) in [5, 5.41) is 0. The Bertz CT molecular complexity index is 370. The third-order valence-corrected chi connectivity index (χ3v) is 8.80. The molecule has 0 aliphatic carbocycles. The largest absolute Gasteiger partial charge is 0.258 e. The van der Waals surface area contributed by atoms with Crippen molar-refractivity contribution in [3.63, 3.8) is 0 Å². The zero-order valence-corrected chi connectivity index (χ0v) is 10.7. The van der Waals surface area contributed by atoms with E-state index in [1.807, 2.05) is 6.92 Å². The third kappa shape index (κ3) is 2.70. The van der Waals surface area contributed by atoms with Gasteiger partial charge in [0, 0.05) is 0 Å². The second kappa shape index (κ2) is 4.18. The molecule has 0 saturated heterocycles. The summed E-state index contributed by atoms with van der Waals surface area (Å²) in [6.07, 6.45) is 1.05. The van der Waals surface area contributed by atoms with E-state index in [9.17, 15) is 16.8 Å². The van der Waals surface area contributed by atoms with Gasteiger partial charge in [-0.1, -0.05) is 13.3 Å². The highest BCUT2D eigenvalue weighted by atomic mass is 33.2. The van der Waals surface area contributed by atoms with Gasteiger partial charge in [0.2, 0.25) is 0 Å². The smallest absolute Gasteiger partial charge is 0.213 e. The van der Waals surface area contributed by atoms with Crippen molar-refractivity contribution in [1.29, 1.82) is 0 Å². The van der Waals surface area contributed by atoms with Crippen molar-refractivity contribution in [2.75, 3.05) is 5.75 Å². The van der Waals surface area contributed by atoms with Gasteiger partial charge in [0.1, 0.15) is 0 Å². The van der Waals surface area contributed by atoms with Gasteiger partial charge in [-0.05, 0) is 27.2 Å². The van der Waals surface area contributed by atoms with Crippen molar-refractivity contribution in [1.82, 2.24) is 0 Å². The molecule has 0 aromatic rings. The lowest BCUT2D eigenvalue weighted by Gasteiger charge is -2.18. The number of hydrogen-bond donors (Lipinski definition) is 0. The highest BCUT2D eigenvalue weighted by Crippen LogP contribution is 2.22. The van der Waals surface area contributed by atoms with Crippen molar-refractivity contribution >= 4 is 17.7 Å². The van der Waals surface area contributed by atoms with Crippen LogP contribution in [0, 0.1) is 0 Å². The average Bonchev–Trinajstić information content (AvgIpc) is 1.98. The van der Waals surface area contributed by atoms with E-state index in [-0.39, 0.29) is 5.75 Å². The summed E-state index contributed by atoms with van der Waals surface area (Å²) >= 11 is 0. The maximum atomic E-state index is 11.6. The van der Waals surface area contributed by atoms with Gasteiger partial charge in [-0.2, -0.15) is 0 Å². The third-order valence-electron chi connectivity index (χ3n) is 1.83. The second-order valence-electron chi connectivity index (χ2n) is 4.18. The molecule has 0 atom stereocenters. The molecule has 0 aromatic heterocycles.